The Balaban J connectivity index is 2.20. The van der Waals surface area contributed by atoms with Gasteiger partial charge in [-0.1, -0.05) is 12.1 Å². The number of nitrogens with one attached hydrogen (secondary N) is 1. The van der Waals surface area contributed by atoms with Crippen LogP contribution in [0.3, 0.4) is 0 Å². The maximum atomic E-state index is 13.5. The number of benzene rings is 2. The van der Waals surface area contributed by atoms with E-state index >= 15 is 0 Å². The summed E-state index contributed by atoms with van der Waals surface area (Å²) in [6.45, 7) is 2.11. The predicted molar refractivity (Wildman–Crippen MR) is 77.9 cm³/mol. The first-order valence-electron chi connectivity index (χ1n) is 6.58. The van der Waals surface area contributed by atoms with Gasteiger partial charge in [-0.2, -0.15) is 0 Å². The van der Waals surface area contributed by atoms with Gasteiger partial charge in [-0.3, -0.25) is 4.79 Å². The Hall–Kier alpha value is -2.40. The number of carbonyl (C=O) groups excluding carboxylic acids is 1. The van der Waals surface area contributed by atoms with Gasteiger partial charge in [0, 0.05) is 11.3 Å². The third-order valence-corrected chi connectivity index (χ3v) is 2.91. The zero-order chi connectivity index (χ0) is 15.2. The fraction of sp³-hybridized carbons (Fsp3) is 0.188. The van der Waals surface area contributed by atoms with Gasteiger partial charge in [-0.25, -0.2) is 4.39 Å². The number of amides is 1. The SMILES string of the molecule is CCOc1ccc(NC(=O)c2ccccc2F)cc1CO. The first-order valence-corrected chi connectivity index (χ1v) is 6.58. The van der Waals surface area contributed by atoms with Crippen LogP contribution in [0, 0.1) is 5.82 Å². The molecule has 5 heteroatoms. The molecule has 110 valence electrons. The van der Waals surface area contributed by atoms with Gasteiger partial charge >= 0.3 is 0 Å². The molecule has 2 rings (SSSR count). The Morgan fingerprint density at radius 1 is 1.29 bits per heavy atom. The smallest absolute Gasteiger partial charge is 0.258 e. The number of halogens is 1. The monoisotopic (exact) mass is 289 g/mol. The molecular weight excluding hydrogens is 273 g/mol. The zero-order valence-electron chi connectivity index (χ0n) is 11.6. The van der Waals surface area contributed by atoms with Gasteiger partial charge in [0.15, 0.2) is 0 Å². The minimum absolute atomic E-state index is 0.0306. The summed E-state index contributed by atoms with van der Waals surface area (Å²) in [7, 11) is 0. The second kappa shape index (κ2) is 6.85. The van der Waals surface area contributed by atoms with Crippen LogP contribution in [0.1, 0.15) is 22.8 Å². The standard InChI is InChI=1S/C16H16FNO3/c1-2-21-15-8-7-12(9-11(15)10-19)18-16(20)13-5-3-4-6-14(13)17/h3-9,19H,2,10H2,1H3,(H,18,20). The first kappa shape index (κ1) is 15.0. The third-order valence-electron chi connectivity index (χ3n) is 2.91. The van der Waals surface area contributed by atoms with Crippen LogP contribution in [-0.4, -0.2) is 17.6 Å². The van der Waals surface area contributed by atoms with Crippen LogP contribution in [0.4, 0.5) is 10.1 Å². The Kier molecular flexibility index (Phi) is 4.90. The van der Waals surface area contributed by atoms with Gasteiger partial charge in [0.25, 0.3) is 5.91 Å². The molecular formula is C16H16FNO3. The lowest BCUT2D eigenvalue weighted by atomic mass is 10.1. The van der Waals surface area contributed by atoms with Gasteiger partial charge < -0.3 is 15.2 Å². The molecule has 1 amide bonds. The van der Waals surface area contributed by atoms with Crippen molar-refractivity contribution >= 4 is 11.6 Å². The summed E-state index contributed by atoms with van der Waals surface area (Å²) >= 11 is 0. The molecule has 0 fully saturated rings. The molecule has 0 saturated carbocycles. The number of aliphatic hydroxyl groups excluding tert-OH is 1. The van der Waals surface area contributed by atoms with E-state index < -0.39 is 11.7 Å². The molecule has 0 aliphatic carbocycles. The van der Waals surface area contributed by atoms with Crippen molar-refractivity contribution in [1.29, 1.82) is 0 Å². The van der Waals surface area contributed by atoms with Gasteiger partial charge in [0.05, 0.1) is 18.8 Å². The molecule has 0 aliphatic heterocycles. The number of ether oxygens (including phenoxy) is 1. The highest BCUT2D eigenvalue weighted by Crippen LogP contribution is 2.23. The lowest BCUT2D eigenvalue weighted by Gasteiger charge is -2.11. The van der Waals surface area contributed by atoms with Crippen molar-refractivity contribution in [3.63, 3.8) is 0 Å². The molecule has 4 nitrogen and oxygen atoms in total. The molecule has 0 saturated heterocycles. The van der Waals surface area contributed by atoms with Crippen molar-refractivity contribution < 1.29 is 19.0 Å². The summed E-state index contributed by atoms with van der Waals surface area (Å²) in [6.07, 6.45) is 0. The highest BCUT2D eigenvalue weighted by atomic mass is 19.1. The van der Waals surface area contributed by atoms with E-state index in [4.69, 9.17) is 4.74 Å². The van der Waals surface area contributed by atoms with Crippen molar-refractivity contribution in [3.05, 3.63) is 59.4 Å². The zero-order valence-corrected chi connectivity index (χ0v) is 11.6. The largest absolute Gasteiger partial charge is 0.494 e. The molecule has 0 aromatic heterocycles. The normalized spacial score (nSPS) is 10.2. The van der Waals surface area contributed by atoms with E-state index in [-0.39, 0.29) is 12.2 Å². The Labute approximate surface area is 122 Å². The van der Waals surface area contributed by atoms with Gasteiger partial charge in [0.2, 0.25) is 0 Å². The highest BCUT2D eigenvalue weighted by Gasteiger charge is 2.12. The molecule has 0 radical (unpaired) electrons. The van der Waals surface area contributed by atoms with Crippen LogP contribution < -0.4 is 10.1 Å². The number of aliphatic hydroxyl groups is 1. The second-order valence-electron chi connectivity index (χ2n) is 4.35. The third kappa shape index (κ3) is 3.58. The molecule has 0 unspecified atom stereocenters. The molecule has 2 aromatic rings. The minimum Gasteiger partial charge on any atom is -0.494 e. The fourth-order valence-corrected chi connectivity index (χ4v) is 1.92. The van der Waals surface area contributed by atoms with Crippen molar-refractivity contribution in [1.82, 2.24) is 0 Å². The quantitative estimate of drug-likeness (QED) is 0.889. The van der Waals surface area contributed by atoms with Crippen LogP contribution in [0.5, 0.6) is 5.75 Å². The molecule has 0 aliphatic rings. The summed E-state index contributed by atoms with van der Waals surface area (Å²) in [6, 6.07) is 10.7. The van der Waals surface area contributed by atoms with E-state index in [1.807, 2.05) is 6.92 Å². The summed E-state index contributed by atoms with van der Waals surface area (Å²) < 4.78 is 18.9. The summed E-state index contributed by atoms with van der Waals surface area (Å²) in [4.78, 5) is 12.0. The van der Waals surface area contributed by atoms with Crippen molar-refractivity contribution in [2.75, 3.05) is 11.9 Å². The maximum Gasteiger partial charge on any atom is 0.258 e. The maximum absolute atomic E-state index is 13.5. The van der Waals surface area contributed by atoms with E-state index in [0.717, 1.165) is 0 Å². The summed E-state index contributed by atoms with van der Waals surface area (Å²) in [5.41, 5.74) is 0.996. The molecule has 0 heterocycles. The number of hydrogen-bond donors (Lipinski definition) is 2. The van der Waals surface area contributed by atoms with Crippen LogP contribution in [0.15, 0.2) is 42.5 Å². The summed E-state index contributed by atoms with van der Waals surface area (Å²) in [5, 5.41) is 11.9. The van der Waals surface area contributed by atoms with E-state index in [1.165, 1.54) is 18.2 Å². The molecule has 2 N–H and O–H groups in total. The van der Waals surface area contributed by atoms with Gasteiger partial charge in [-0.05, 0) is 37.3 Å². The van der Waals surface area contributed by atoms with E-state index in [1.54, 1.807) is 24.3 Å². The molecule has 2 aromatic carbocycles. The topological polar surface area (TPSA) is 58.6 Å². The van der Waals surface area contributed by atoms with Crippen LogP contribution in [0.25, 0.3) is 0 Å². The second-order valence-corrected chi connectivity index (χ2v) is 4.35. The number of hydrogen-bond acceptors (Lipinski definition) is 3. The average Bonchev–Trinajstić information content (AvgIpc) is 2.49. The van der Waals surface area contributed by atoms with Crippen molar-refractivity contribution in [2.24, 2.45) is 0 Å². The lowest BCUT2D eigenvalue weighted by molar-refractivity contribution is 0.102. The van der Waals surface area contributed by atoms with Crippen LogP contribution >= 0.6 is 0 Å². The predicted octanol–water partition coefficient (Wildman–Crippen LogP) is 2.97. The molecule has 0 spiro atoms. The first-order chi connectivity index (χ1) is 10.2. The lowest BCUT2D eigenvalue weighted by Crippen LogP contribution is -2.14. The molecule has 21 heavy (non-hydrogen) atoms. The number of carbonyl (C=O) groups is 1. The van der Waals surface area contributed by atoms with E-state index in [9.17, 15) is 14.3 Å². The van der Waals surface area contributed by atoms with Crippen LogP contribution in [0.2, 0.25) is 0 Å². The summed E-state index contributed by atoms with van der Waals surface area (Å²) in [5.74, 6) is -0.562. The highest BCUT2D eigenvalue weighted by molar-refractivity contribution is 6.04. The van der Waals surface area contributed by atoms with Gasteiger partial charge in [0.1, 0.15) is 11.6 Å². The van der Waals surface area contributed by atoms with Crippen molar-refractivity contribution in [3.8, 4) is 5.75 Å². The minimum atomic E-state index is -0.580. The Bertz CT molecular complexity index is 643. The number of anilines is 1. The fourth-order valence-electron chi connectivity index (χ4n) is 1.92. The number of rotatable bonds is 5. The Morgan fingerprint density at radius 3 is 2.71 bits per heavy atom. The van der Waals surface area contributed by atoms with Crippen molar-refractivity contribution in [2.45, 2.75) is 13.5 Å². The van der Waals surface area contributed by atoms with E-state index in [2.05, 4.69) is 5.32 Å². The van der Waals surface area contributed by atoms with Gasteiger partial charge in [-0.15, -0.1) is 0 Å². The molecule has 0 bridgehead atoms. The van der Waals surface area contributed by atoms with E-state index in [0.29, 0.717) is 23.6 Å². The Morgan fingerprint density at radius 2 is 2.05 bits per heavy atom. The van der Waals surface area contributed by atoms with Crippen LogP contribution in [-0.2, 0) is 6.61 Å². The molecule has 0 atom stereocenters. The average molecular weight is 289 g/mol.